The molecular formula is C21H24F3NO3. The van der Waals surface area contributed by atoms with Crippen LogP contribution in [0.3, 0.4) is 0 Å². The highest BCUT2D eigenvalue weighted by Gasteiger charge is 2.30. The van der Waals surface area contributed by atoms with Gasteiger partial charge in [0.2, 0.25) is 0 Å². The van der Waals surface area contributed by atoms with Crippen molar-refractivity contribution in [3.63, 3.8) is 0 Å². The van der Waals surface area contributed by atoms with Crippen molar-refractivity contribution in [3.8, 4) is 16.9 Å². The van der Waals surface area contributed by atoms with E-state index in [2.05, 4.69) is 5.32 Å². The summed E-state index contributed by atoms with van der Waals surface area (Å²) in [5.74, 6) is 0.170. The average molecular weight is 395 g/mol. The summed E-state index contributed by atoms with van der Waals surface area (Å²) in [4.78, 5) is 12.0. The Bertz CT molecular complexity index is 802. The molecule has 28 heavy (non-hydrogen) atoms. The molecule has 2 rings (SSSR count). The van der Waals surface area contributed by atoms with Gasteiger partial charge in [-0.2, -0.15) is 13.2 Å². The Balaban J connectivity index is 2.57. The van der Waals surface area contributed by atoms with E-state index in [1.54, 1.807) is 19.1 Å². The van der Waals surface area contributed by atoms with E-state index in [9.17, 15) is 18.0 Å². The van der Waals surface area contributed by atoms with Crippen molar-refractivity contribution in [1.29, 1.82) is 0 Å². The zero-order valence-corrected chi connectivity index (χ0v) is 16.2. The fraction of sp³-hybridized carbons (Fsp3) is 0.381. The maximum absolute atomic E-state index is 12.9. The Kier molecular flexibility index (Phi) is 7.45. The van der Waals surface area contributed by atoms with Crippen molar-refractivity contribution >= 4 is 5.97 Å². The van der Waals surface area contributed by atoms with E-state index in [0.717, 1.165) is 23.3 Å². The molecule has 0 saturated heterocycles. The minimum Gasteiger partial charge on any atom is -0.496 e. The molecule has 0 spiro atoms. The molecule has 152 valence electrons. The SMILES string of the molecule is CCNCc1c(CC(=O)OCC)ccc(OC)c1-c1ccc(C(F)(F)F)cc1. The first-order chi connectivity index (χ1) is 13.3. The van der Waals surface area contributed by atoms with Crippen LogP contribution in [0.25, 0.3) is 11.1 Å². The maximum atomic E-state index is 12.9. The number of rotatable bonds is 8. The molecule has 0 aliphatic rings. The molecule has 1 N–H and O–H groups in total. The largest absolute Gasteiger partial charge is 0.496 e. The summed E-state index contributed by atoms with van der Waals surface area (Å²) in [6.45, 7) is 5.10. The third kappa shape index (κ3) is 5.25. The summed E-state index contributed by atoms with van der Waals surface area (Å²) < 4.78 is 49.2. The van der Waals surface area contributed by atoms with Crippen LogP contribution < -0.4 is 10.1 Å². The Morgan fingerprint density at radius 1 is 1.07 bits per heavy atom. The van der Waals surface area contributed by atoms with Gasteiger partial charge in [-0.25, -0.2) is 0 Å². The van der Waals surface area contributed by atoms with Crippen molar-refractivity contribution in [2.45, 2.75) is 33.0 Å². The van der Waals surface area contributed by atoms with Crippen LogP contribution in [0, 0.1) is 0 Å². The van der Waals surface area contributed by atoms with E-state index in [1.165, 1.54) is 19.2 Å². The number of hydrogen-bond acceptors (Lipinski definition) is 4. The lowest BCUT2D eigenvalue weighted by Crippen LogP contribution is -2.17. The highest BCUT2D eigenvalue weighted by molar-refractivity contribution is 5.79. The molecule has 2 aromatic carbocycles. The lowest BCUT2D eigenvalue weighted by atomic mass is 9.92. The molecule has 7 heteroatoms. The van der Waals surface area contributed by atoms with E-state index < -0.39 is 11.7 Å². The third-order valence-corrected chi connectivity index (χ3v) is 4.28. The van der Waals surface area contributed by atoms with Crippen LogP contribution in [0.4, 0.5) is 13.2 Å². The van der Waals surface area contributed by atoms with Crippen LogP contribution in [-0.2, 0) is 28.7 Å². The molecule has 0 unspecified atom stereocenters. The first-order valence-electron chi connectivity index (χ1n) is 9.04. The maximum Gasteiger partial charge on any atom is 0.416 e. The molecule has 0 radical (unpaired) electrons. The number of esters is 1. The highest BCUT2D eigenvalue weighted by atomic mass is 19.4. The third-order valence-electron chi connectivity index (χ3n) is 4.28. The van der Waals surface area contributed by atoms with E-state index in [1.807, 2.05) is 6.92 Å². The predicted octanol–water partition coefficient (Wildman–Crippen LogP) is 4.60. The van der Waals surface area contributed by atoms with E-state index in [0.29, 0.717) is 30.0 Å². The van der Waals surface area contributed by atoms with Gasteiger partial charge in [0.05, 0.1) is 25.7 Å². The number of carbonyl (C=O) groups excluding carboxylic acids is 1. The Hall–Kier alpha value is -2.54. The molecule has 0 aromatic heterocycles. The second-order valence-electron chi connectivity index (χ2n) is 6.12. The zero-order valence-electron chi connectivity index (χ0n) is 16.2. The molecule has 0 fully saturated rings. The fourth-order valence-corrected chi connectivity index (χ4v) is 2.97. The smallest absolute Gasteiger partial charge is 0.416 e. The molecular weight excluding hydrogens is 371 g/mol. The van der Waals surface area contributed by atoms with Crippen LogP contribution in [0.5, 0.6) is 5.75 Å². The molecule has 0 atom stereocenters. The minimum atomic E-state index is -4.40. The fourth-order valence-electron chi connectivity index (χ4n) is 2.97. The van der Waals surface area contributed by atoms with Crippen LogP contribution >= 0.6 is 0 Å². The van der Waals surface area contributed by atoms with Gasteiger partial charge in [0.25, 0.3) is 0 Å². The molecule has 2 aromatic rings. The van der Waals surface area contributed by atoms with Crippen molar-refractivity contribution < 1.29 is 27.4 Å². The number of nitrogens with one attached hydrogen (secondary N) is 1. The standard InChI is InChI=1S/C21H24F3NO3/c1-4-25-13-17-15(12-19(26)28-5-2)8-11-18(27-3)20(17)14-6-9-16(10-7-14)21(22,23)24/h6-11,25H,4-5,12-13H2,1-3H3. The summed E-state index contributed by atoms with van der Waals surface area (Å²) >= 11 is 0. The summed E-state index contributed by atoms with van der Waals surface area (Å²) in [5, 5.41) is 3.22. The van der Waals surface area contributed by atoms with Crippen molar-refractivity contribution in [2.24, 2.45) is 0 Å². The summed E-state index contributed by atoms with van der Waals surface area (Å²) in [7, 11) is 1.50. The first kappa shape index (κ1) is 21.8. The van der Waals surface area contributed by atoms with Crippen molar-refractivity contribution in [1.82, 2.24) is 5.32 Å². The van der Waals surface area contributed by atoms with Crippen LogP contribution in [0.1, 0.15) is 30.5 Å². The van der Waals surface area contributed by atoms with Crippen LogP contribution in [-0.4, -0.2) is 26.2 Å². The lowest BCUT2D eigenvalue weighted by molar-refractivity contribution is -0.142. The molecule has 0 saturated carbocycles. The predicted molar refractivity (Wildman–Crippen MR) is 101 cm³/mol. The molecule has 0 aliphatic carbocycles. The van der Waals surface area contributed by atoms with E-state index in [4.69, 9.17) is 9.47 Å². The monoisotopic (exact) mass is 395 g/mol. The Morgan fingerprint density at radius 2 is 1.75 bits per heavy atom. The average Bonchev–Trinajstić information content (AvgIpc) is 2.66. The minimum absolute atomic E-state index is 0.0756. The Labute approximate surface area is 162 Å². The quantitative estimate of drug-likeness (QED) is 0.664. The van der Waals surface area contributed by atoms with Gasteiger partial charge in [-0.1, -0.05) is 25.1 Å². The number of ether oxygens (including phenoxy) is 2. The topological polar surface area (TPSA) is 47.6 Å². The van der Waals surface area contributed by atoms with Gasteiger partial charge in [-0.15, -0.1) is 0 Å². The van der Waals surface area contributed by atoms with Gasteiger partial charge >= 0.3 is 12.1 Å². The lowest BCUT2D eigenvalue weighted by Gasteiger charge is -2.19. The van der Waals surface area contributed by atoms with Crippen LogP contribution in [0.2, 0.25) is 0 Å². The van der Waals surface area contributed by atoms with Gasteiger partial charge < -0.3 is 14.8 Å². The van der Waals surface area contributed by atoms with E-state index >= 15 is 0 Å². The second-order valence-corrected chi connectivity index (χ2v) is 6.12. The van der Waals surface area contributed by atoms with Gasteiger partial charge in [0, 0.05) is 12.1 Å². The molecule has 0 aliphatic heterocycles. The molecule has 0 heterocycles. The van der Waals surface area contributed by atoms with Gasteiger partial charge in [0.15, 0.2) is 0 Å². The molecule has 0 amide bonds. The normalized spacial score (nSPS) is 11.4. The Morgan fingerprint density at radius 3 is 2.29 bits per heavy atom. The number of methoxy groups -OCH3 is 1. The number of carbonyl (C=O) groups is 1. The van der Waals surface area contributed by atoms with Crippen molar-refractivity contribution in [2.75, 3.05) is 20.3 Å². The first-order valence-corrected chi connectivity index (χ1v) is 9.04. The summed E-state index contributed by atoms with van der Waals surface area (Å²) in [6.07, 6.45) is -4.33. The summed E-state index contributed by atoms with van der Waals surface area (Å²) in [6, 6.07) is 8.44. The number of alkyl halides is 3. The zero-order chi connectivity index (χ0) is 20.7. The molecule has 0 bridgehead atoms. The number of hydrogen-bond donors (Lipinski definition) is 1. The number of benzene rings is 2. The number of halogens is 3. The van der Waals surface area contributed by atoms with Crippen LogP contribution in [0.15, 0.2) is 36.4 Å². The summed E-state index contributed by atoms with van der Waals surface area (Å²) in [5.41, 5.74) is 2.08. The highest BCUT2D eigenvalue weighted by Crippen LogP contribution is 2.37. The van der Waals surface area contributed by atoms with E-state index in [-0.39, 0.29) is 19.0 Å². The molecule has 4 nitrogen and oxygen atoms in total. The van der Waals surface area contributed by atoms with Gasteiger partial charge in [-0.05, 0) is 48.4 Å². The van der Waals surface area contributed by atoms with Gasteiger partial charge in [0.1, 0.15) is 5.75 Å². The van der Waals surface area contributed by atoms with Gasteiger partial charge in [-0.3, -0.25) is 4.79 Å². The van der Waals surface area contributed by atoms with Crippen molar-refractivity contribution in [3.05, 3.63) is 53.1 Å². The second kappa shape index (κ2) is 9.59.